The molecule has 2 N–H and O–H groups in total. The zero-order chi connectivity index (χ0) is 22.0. The Morgan fingerprint density at radius 3 is 2.94 bits per heavy atom. The van der Waals surface area contributed by atoms with E-state index < -0.39 is 0 Å². The summed E-state index contributed by atoms with van der Waals surface area (Å²) in [5.74, 6) is 2.12. The average molecular weight is 434 g/mol. The summed E-state index contributed by atoms with van der Waals surface area (Å²) < 4.78 is 5.46. The summed E-state index contributed by atoms with van der Waals surface area (Å²) >= 11 is 0. The first-order valence-electron chi connectivity index (χ1n) is 11.8. The number of amides is 1. The van der Waals surface area contributed by atoms with Crippen LogP contribution in [0.3, 0.4) is 0 Å². The molecule has 0 bridgehead atoms. The fourth-order valence-corrected chi connectivity index (χ4v) is 5.82. The van der Waals surface area contributed by atoms with E-state index in [1.807, 2.05) is 32.2 Å². The van der Waals surface area contributed by atoms with Gasteiger partial charge in [0.15, 0.2) is 5.82 Å². The van der Waals surface area contributed by atoms with Gasteiger partial charge in [0.1, 0.15) is 5.69 Å². The highest BCUT2D eigenvalue weighted by Gasteiger charge is 2.53. The number of aromatic nitrogens is 4. The van der Waals surface area contributed by atoms with Crippen LogP contribution < -0.4 is 4.90 Å². The van der Waals surface area contributed by atoms with E-state index >= 15 is 0 Å². The minimum Gasteiger partial charge on any atom is -0.381 e. The molecule has 7 nitrogen and oxygen atoms in total. The highest BCUT2D eigenvalue weighted by molar-refractivity contribution is 5.96. The summed E-state index contributed by atoms with van der Waals surface area (Å²) in [6.45, 7) is 5.94. The second-order valence-corrected chi connectivity index (χ2v) is 10.4. The van der Waals surface area contributed by atoms with Gasteiger partial charge < -0.3 is 14.6 Å². The van der Waals surface area contributed by atoms with Crippen molar-refractivity contribution < 1.29 is 9.53 Å². The molecule has 3 aliphatic rings. The SMILES string of the molecule is C[C@H](C(=O)N(C)c1ccc2nc(-c3n[nH]c4c3C[C@@H]3C[C@]3(C)C4)[nH]c2c1)C1CCOCC1. The van der Waals surface area contributed by atoms with Gasteiger partial charge in [-0.05, 0) is 67.6 Å². The Balaban J connectivity index is 1.25. The first kappa shape index (κ1) is 20.0. The number of carbonyl (C=O) groups is 1. The number of hydrogen-bond acceptors (Lipinski definition) is 4. The molecule has 168 valence electrons. The summed E-state index contributed by atoms with van der Waals surface area (Å²) in [6, 6.07) is 6.00. The van der Waals surface area contributed by atoms with Crippen LogP contribution in [-0.4, -0.2) is 46.3 Å². The van der Waals surface area contributed by atoms with Crippen LogP contribution in [-0.2, 0) is 22.4 Å². The lowest BCUT2D eigenvalue weighted by atomic mass is 9.86. The van der Waals surface area contributed by atoms with Crippen LogP contribution in [0.15, 0.2) is 18.2 Å². The van der Waals surface area contributed by atoms with Gasteiger partial charge in [-0.3, -0.25) is 9.89 Å². The maximum atomic E-state index is 13.1. The van der Waals surface area contributed by atoms with E-state index in [-0.39, 0.29) is 11.8 Å². The van der Waals surface area contributed by atoms with E-state index in [0.717, 1.165) is 73.1 Å². The molecule has 1 aromatic carbocycles. The number of benzene rings is 1. The van der Waals surface area contributed by atoms with Crippen molar-refractivity contribution in [2.45, 2.75) is 46.0 Å². The van der Waals surface area contributed by atoms with Crippen molar-refractivity contribution in [3.05, 3.63) is 29.5 Å². The Morgan fingerprint density at radius 2 is 2.12 bits per heavy atom. The van der Waals surface area contributed by atoms with Crippen LogP contribution in [0.25, 0.3) is 22.6 Å². The van der Waals surface area contributed by atoms with Gasteiger partial charge in [-0.25, -0.2) is 4.98 Å². The first-order valence-corrected chi connectivity index (χ1v) is 11.8. The fourth-order valence-electron chi connectivity index (χ4n) is 5.82. The molecule has 3 aromatic rings. The largest absolute Gasteiger partial charge is 0.381 e. The Hall–Kier alpha value is -2.67. The molecule has 32 heavy (non-hydrogen) atoms. The maximum Gasteiger partial charge on any atom is 0.229 e. The number of ether oxygens (including phenoxy) is 1. The van der Waals surface area contributed by atoms with Crippen LogP contribution in [0.5, 0.6) is 0 Å². The molecule has 0 spiro atoms. The Bertz CT molecular complexity index is 1190. The van der Waals surface area contributed by atoms with E-state index in [9.17, 15) is 4.79 Å². The third-order valence-corrected chi connectivity index (χ3v) is 8.29. The normalized spacial score (nSPS) is 25.9. The first-order chi connectivity index (χ1) is 15.4. The minimum absolute atomic E-state index is 0.0133. The molecule has 1 saturated heterocycles. The lowest BCUT2D eigenvalue weighted by molar-refractivity contribution is -0.124. The van der Waals surface area contributed by atoms with E-state index in [1.165, 1.54) is 17.7 Å². The van der Waals surface area contributed by atoms with Crippen molar-refractivity contribution >= 4 is 22.6 Å². The topological polar surface area (TPSA) is 86.9 Å². The van der Waals surface area contributed by atoms with E-state index in [2.05, 4.69) is 22.1 Å². The van der Waals surface area contributed by atoms with Gasteiger partial charge in [-0.1, -0.05) is 13.8 Å². The van der Waals surface area contributed by atoms with Gasteiger partial charge in [0, 0.05) is 43.1 Å². The summed E-state index contributed by atoms with van der Waals surface area (Å²) in [5, 5.41) is 7.88. The number of rotatable bonds is 4. The molecule has 0 radical (unpaired) electrons. The Morgan fingerprint density at radius 1 is 1.31 bits per heavy atom. The van der Waals surface area contributed by atoms with Gasteiger partial charge in [-0.15, -0.1) is 0 Å². The molecule has 3 heterocycles. The number of imidazole rings is 1. The van der Waals surface area contributed by atoms with E-state index in [1.54, 1.807) is 4.90 Å². The number of nitrogens with zero attached hydrogens (tertiary/aromatic N) is 3. The third kappa shape index (κ3) is 3.17. The van der Waals surface area contributed by atoms with Crippen LogP contribution in [0.2, 0.25) is 0 Å². The summed E-state index contributed by atoms with van der Waals surface area (Å²) in [4.78, 5) is 23.2. The number of hydrogen-bond donors (Lipinski definition) is 2. The van der Waals surface area contributed by atoms with Crippen molar-refractivity contribution in [1.82, 2.24) is 20.2 Å². The number of carbonyl (C=O) groups excluding carboxylic acids is 1. The van der Waals surface area contributed by atoms with Gasteiger partial charge in [0.2, 0.25) is 5.91 Å². The molecule has 6 rings (SSSR count). The monoisotopic (exact) mass is 433 g/mol. The molecule has 1 saturated carbocycles. The van der Waals surface area contributed by atoms with E-state index in [4.69, 9.17) is 9.72 Å². The summed E-state index contributed by atoms with van der Waals surface area (Å²) in [5.41, 5.74) is 6.72. The second kappa shape index (κ2) is 7.17. The van der Waals surface area contributed by atoms with Gasteiger partial charge in [0.05, 0.1) is 11.0 Å². The van der Waals surface area contributed by atoms with Crippen molar-refractivity contribution in [2.75, 3.05) is 25.2 Å². The molecule has 2 fully saturated rings. The maximum absolute atomic E-state index is 13.1. The summed E-state index contributed by atoms with van der Waals surface area (Å²) in [6.07, 6.45) is 5.39. The van der Waals surface area contributed by atoms with Gasteiger partial charge >= 0.3 is 0 Å². The number of anilines is 1. The molecule has 7 heteroatoms. The highest BCUT2D eigenvalue weighted by atomic mass is 16.5. The van der Waals surface area contributed by atoms with Crippen LogP contribution in [0, 0.1) is 23.2 Å². The fraction of sp³-hybridized carbons (Fsp3) is 0.560. The van der Waals surface area contributed by atoms with Crippen LogP contribution in [0.1, 0.15) is 44.4 Å². The smallest absolute Gasteiger partial charge is 0.229 e. The molecule has 1 aliphatic heterocycles. The number of fused-ring (bicyclic) bond motifs is 3. The van der Waals surface area contributed by atoms with Crippen molar-refractivity contribution in [2.24, 2.45) is 23.2 Å². The van der Waals surface area contributed by atoms with E-state index in [0.29, 0.717) is 11.3 Å². The highest BCUT2D eigenvalue weighted by Crippen LogP contribution is 2.59. The zero-order valence-corrected chi connectivity index (χ0v) is 19.1. The Labute approximate surface area is 187 Å². The lowest BCUT2D eigenvalue weighted by Crippen LogP contribution is -2.37. The Kier molecular flexibility index (Phi) is 4.47. The van der Waals surface area contributed by atoms with Crippen LogP contribution >= 0.6 is 0 Å². The standard InChI is InChI=1S/C25H31N5O2/c1-14(15-6-8-32-9-7-15)24(31)30(3)17-4-5-19-20(11-17)27-23(26-19)22-18-10-16-12-25(16,2)13-21(18)28-29-22/h4-5,11,14-16H,6-10,12-13H2,1-3H3,(H,26,27)(H,28,29)/t14-,16+,25+/m0/s1. The molecule has 2 aromatic heterocycles. The molecule has 0 unspecified atom stereocenters. The predicted molar refractivity (Wildman–Crippen MR) is 123 cm³/mol. The zero-order valence-electron chi connectivity index (χ0n) is 19.1. The molecule has 3 atom stereocenters. The van der Waals surface area contributed by atoms with Crippen molar-refractivity contribution in [1.29, 1.82) is 0 Å². The average Bonchev–Trinajstić information content (AvgIpc) is 3.11. The number of aromatic amines is 2. The molecular formula is C25H31N5O2. The summed E-state index contributed by atoms with van der Waals surface area (Å²) in [7, 11) is 1.87. The molecular weight excluding hydrogens is 402 g/mol. The van der Waals surface area contributed by atoms with Crippen molar-refractivity contribution in [3.63, 3.8) is 0 Å². The predicted octanol–water partition coefficient (Wildman–Crippen LogP) is 4.10. The second-order valence-electron chi connectivity index (χ2n) is 10.4. The number of H-pyrrole nitrogens is 2. The van der Waals surface area contributed by atoms with Gasteiger partial charge in [-0.2, -0.15) is 5.10 Å². The van der Waals surface area contributed by atoms with Crippen molar-refractivity contribution in [3.8, 4) is 11.5 Å². The third-order valence-electron chi connectivity index (χ3n) is 8.29. The van der Waals surface area contributed by atoms with Crippen LogP contribution in [0.4, 0.5) is 5.69 Å². The minimum atomic E-state index is -0.0133. The molecule has 1 amide bonds. The quantitative estimate of drug-likeness (QED) is 0.648. The van der Waals surface area contributed by atoms with Gasteiger partial charge in [0.25, 0.3) is 0 Å². The number of nitrogens with one attached hydrogen (secondary N) is 2. The lowest BCUT2D eigenvalue weighted by Gasteiger charge is -2.30. The molecule has 2 aliphatic carbocycles.